The highest BCUT2D eigenvalue weighted by atomic mass is 16.1. The van der Waals surface area contributed by atoms with Crippen LogP contribution in [0.15, 0.2) is 41.2 Å². The molecule has 0 unspecified atom stereocenters. The number of fused-ring (bicyclic) bond motifs is 1. The number of pyridine rings is 1. The lowest BCUT2D eigenvalue weighted by molar-refractivity contribution is 1.12. The van der Waals surface area contributed by atoms with Gasteiger partial charge in [0, 0.05) is 17.0 Å². The zero-order valence-corrected chi connectivity index (χ0v) is 14.3. The van der Waals surface area contributed by atoms with Crippen LogP contribution >= 0.6 is 0 Å². The van der Waals surface area contributed by atoms with E-state index in [4.69, 9.17) is 0 Å². The fourth-order valence-corrected chi connectivity index (χ4v) is 3.65. The molecule has 0 aliphatic rings. The smallest absolute Gasteiger partial charge is 0.248 e. The van der Waals surface area contributed by atoms with Gasteiger partial charge in [0.15, 0.2) is 0 Å². The minimum Gasteiger partial charge on any atom is -0.322 e. The van der Waals surface area contributed by atoms with E-state index in [1.807, 2.05) is 13.0 Å². The Labute approximate surface area is 137 Å². The van der Waals surface area contributed by atoms with E-state index in [9.17, 15) is 4.79 Å². The van der Waals surface area contributed by atoms with E-state index in [0.29, 0.717) is 0 Å². The van der Waals surface area contributed by atoms with Gasteiger partial charge in [0.2, 0.25) is 5.56 Å². The van der Waals surface area contributed by atoms with Crippen LogP contribution in [0.3, 0.4) is 0 Å². The van der Waals surface area contributed by atoms with Crippen molar-refractivity contribution in [3.05, 3.63) is 69.0 Å². The Kier molecular flexibility index (Phi) is 4.08. The summed E-state index contributed by atoms with van der Waals surface area (Å²) < 4.78 is 0. The van der Waals surface area contributed by atoms with Gasteiger partial charge in [0.1, 0.15) is 0 Å². The molecule has 0 atom stereocenters. The zero-order chi connectivity index (χ0) is 16.6. The number of aromatic amines is 1. The van der Waals surface area contributed by atoms with E-state index in [2.05, 4.69) is 50.0 Å². The Morgan fingerprint density at radius 3 is 2.43 bits per heavy atom. The molecule has 1 heterocycles. The van der Waals surface area contributed by atoms with E-state index in [-0.39, 0.29) is 5.56 Å². The molecule has 23 heavy (non-hydrogen) atoms. The Bertz CT molecular complexity index is 934. The van der Waals surface area contributed by atoms with Crippen molar-refractivity contribution in [1.82, 2.24) is 4.98 Å². The van der Waals surface area contributed by atoms with Crippen molar-refractivity contribution in [3.8, 4) is 11.1 Å². The average Bonchev–Trinajstić information content (AvgIpc) is 2.53. The molecule has 1 aromatic heterocycles. The SMILES string of the molecule is CCc1cccc(C)c1-c1ccc2[nH]c(=O)cc(C)c2c1CC. The molecule has 0 amide bonds. The summed E-state index contributed by atoms with van der Waals surface area (Å²) in [5.41, 5.74) is 8.59. The van der Waals surface area contributed by atoms with Crippen molar-refractivity contribution in [3.63, 3.8) is 0 Å². The molecule has 118 valence electrons. The molecule has 3 aromatic rings. The second-order valence-electron chi connectivity index (χ2n) is 6.15. The predicted molar refractivity (Wildman–Crippen MR) is 98.2 cm³/mol. The van der Waals surface area contributed by atoms with E-state index in [1.54, 1.807) is 6.07 Å². The molecule has 1 N–H and O–H groups in total. The molecule has 0 aliphatic carbocycles. The quantitative estimate of drug-likeness (QED) is 0.730. The van der Waals surface area contributed by atoms with Gasteiger partial charge in [0.25, 0.3) is 0 Å². The monoisotopic (exact) mass is 305 g/mol. The summed E-state index contributed by atoms with van der Waals surface area (Å²) in [4.78, 5) is 14.7. The second kappa shape index (κ2) is 6.04. The van der Waals surface area contributed by atoms with Crippen LogP contribution in [0, 0.1) is 13.8 Å². The molecule has 3 rings (SSSR count). The van der Waals surface area contributed by atoms with Crippen LogP contribution in [0.2, 0.25) is 0 Å². The molecule has 2 aromatic carbocycles. The number of aryl methyl sites for hydroxylation is 4. The molecule has 2 heteroatoms. The largest absolute Gasteiger partial charge is 0.322 e. The molecule has 0 bridgehead atoms. The number of hydrogen-bond acceptors (Lipinski definition) is 1. The van der Waals surface area contributed by atoms with Crippen molar-refractivity contribution in [2.24, 2.45) is 0 Å². The number of benzene rings is 2. The van der Waals surface area contributed by atoms with Crippen molar-refractivity contribution < 1.29 is 0 Å². The minimum atomic E-state index is -0.0325. The van der Waals surface area contributed by atoms with Crippen molar-refractivity contribution in [2.75, 3.05) is 0 Å². The molecule has 0 spiro atoms. The maximum atomic E-state index is 11.8. The summed E-state index contributed by atoms with van der Waals surface area (Å²) in [7, 11) is 0. The summed E-state index contributed by atoms with van der Waals surface area (Å²) in [6.07, 6.45) is 1.96. The van der Waals surface area contributed by atoms with E-state index in [1.165, 1.54) is 33.2 Å². The van der Waals surface area contributed by atoms with Gasteiger partial charge >= 0.3 is 0 Å². The summed E-state index contributed by atoms with van der Waals surface area (Å²) >= 11 is 0. The van der Waals surface area contributed by atoms with Gasteiger partial charge in [-0.1, -0.05) is 38.1 Å². The van der Waals surface area contributed by atoms with E-state index >= 15 is 0 Å². The van der Waals surface area contributed by atoms with Gasteiger partial charge in [-0.15, -0.1) is 0 Å². The number of nitrogens with one attached hydrogen (secondary N) is 1. The Hall–Kier alpha value is -2.35. The van der Waals surface area contributed by atoms with Crippen molar-refractivity contribution >= 4 is 10.9 Å². The number of H-pyrrole nitrogens is 1. The third kappa shape index (κ3) is 2.59. The molecule has 0 radical (unpaired) electrons. The maximum Gasteiger partial charge on any atom is 0.248 e. The van der Waals surface area contributed by atoms with Crippen LogP contribution in [0.25, 0.3) is 22.0 Å². The average molecular weight is 305 g/mol. The van der Waals surface area contributed by atoms with Gasteiger partial charge in [-0.3, -0.25) is 4.79 Å². The number of hydrogen-bond donors (Lipinski definition) is 1. The fraction of sp³-hybridized carbons (Fsp3) is 0.286. The Morgan fingerprint density at radius 1 is 0.957 bits per heavy atom. The normalized spacial score (nSPS) is 11.1. The highest BCUT2D eigenvalue weighted by Crippen LogP contribution is 2.35. The predicted octanol–water partition coefficient (Wildman–Crippen LogP) is 4.94. The van der Waals surface area contributed by atoms with Gasteiger partial charge < -0.3 is 4.98 Å². The Balaban J connectivity index is 2.43. The van der Waals surface area contributed by atoms with Crippen molar-refractivity contribution in [2.45, 2.75) is 40.5 Å². The molecule has 0 aliphatic heterocycles. The second-order valence-corrected chi connectivity index (χ2v) is 6.15. The minimum absolute atomic E-state index is 0.0325. The van der Waals surface area contributed by atoms with Crippen LogP contribution < -0.4 is 5.56 Å². The van der Waals surface area contributed by atoms with Crippen LogP contribution in [0.1, 0.15) is 36.1 Å². The van der Waals surface area contributed by atoms with Crippen LogP contribution in [0.4, 0.5) is 0 Å². The van der Waals surface area contributed by atoms with Crippen molar-refractivity contribution in [1.29, 1.82) is 0 Å². The summed E-state index contributed by atoms with van der Waals surface area (Å²) in [6.45, 7) is 8.59. The highest BCUT2D eigenvalue weighted by molar-refractivity contribution is 5.92. The molecular weight excluding hydrogens is 282 g/mol. The molecule has 2 nitrogen and oxygen atoms in total. The fourth-order valence-electron chi connectivity index (χ4n) is 3.65. The van der Waals surface area contributed by atoms with Gasteiger partial charge in [0.05, 0.1) is 0 Å². The Morgan fingerprint density at radius 2 is 1.74 bits per heavy atom. The summed E-state index contributed by atoms with van der Waals surface area (Å²) in [6, 6.07) is 12.4. The third-order valence-corrected chi connectivity index (χ3v) is 4.68. The first-order valence-corrected chi connectivity index (χ1v) is 8.31. The molecule has 0 saturated carbocycles. The van der Waals surface area contributed by atoms with E-state index in [0.717, 1.165) is 23.9 Å². The molecule has 0 fully saturated rings. The van der Waals surface area contributed by atoms with Gasteiger partial charge in [-0.05, 0) is 66.1 Å². The lowest BCUT2D eigenvalue weighted by Gasteiger charge is -2.18. The zero-order valence-electron chi connectivity index (χ0n) is 14.3. The topological polar surface area (TPSA) is 32.9 Å². The lowest BCUT2D eigenvalue weighted by Crippen LogP contribution is -2.07. The molecular formula is C21H23NO. The first-order chi connectivity index (χ1) is 11.1. The number of aromatic nitrogens is 1. The summed E-state index contributed by atoms with van der Waals surface area (Å²) in [5, 5.41) is 1.19. The third-order valence-electron chi connectivity index (χ3n) is 4.68. The first-order valence-electron chi connectivity index (χ1n) is 8.31. The lowest BCUT2D eigenvalue weighted by atomic mass is 9.87. The van der Waals surface area contributed by atoms with Gasteiger partial charge in [-0.2, -0.15) is 0 Å². The first kappa shape index (κ1) is 15.5. The molecule has 0 saturated heterocycles. The van der Waals surface area contributed by atoms with Crippen LogP contribution in [-0.2, 0) is 12.8 Å². The number of rotatable bonds is 3. The summed E-state index contributed by atoms with van der Waals surface area (Å²) in [5.74, 6) is 0. The van der Waals surface area contributed by atoms with E-state index < -0.39 is 0 Å². The maximum absolute atomic E-state index is 11.8. The van der Waals surface area contributed by atoms with Crippen LogP contribution in [-0.4, -0.2) is 4.98 Å². The highest BCUT2D eigenvalue weighted by Gasteiger charge is 2.14. The standard InChI is InChI=1S/C21H23NO/c1-5-15-9-7-8-13(3)20(15)17-10-11-18-21(16(17)6-2)14(4)12-19(23)22-18/h7-12H,5-6H2,1-4H3,(H,22,23). The van der Waals surface area contributed by atoms with Gasteiger partial charge in [-0.25, -0.2) is 0 Å². The van der Waals surface area contributed by atoms with Crippen LogP contribution in [0.5, 0.6) is 0 Å².